The fraction of sp³-hybridized carbons (Fsp3) is 0.474. The Balaban J connectivity index is 1.64. The molecule has 144 valence electrons. The molecule has 1 aromatic carbocycles. The molecular formula is C19H24N4O3S. The predicted octanol–water partition coefficient (Wildman–Crippen LogP) is 1.25. The summed E-state index contributed by atoms with van der Waals surface area (Å²) >= 11 is 0. The first-order chi connectivity index (χ1) is 12.8. The molecule has 1 fully saturated rings. The molecule has 2 heterocycles. The smallest absolute Gasteiger partial charge is 0.226 e. The quantitative estimate of drug-likeness (QED) is 0.800. The van der Waals surface area contributed by atoms with Crippen molar-refractivity contribution < 1.29 is 13.5 Å². The Labute approximate surface area is 159 Å². The van der Waals surface area contributed by atoms with Gasteiger partial charge < -0.3 is 10.0 Å². The zero-order valence-electron chi connectivity index (χ0n) is 15.5. The van der Waals surface area contributed by atoms with E-state index in [4.69, 9.17) is 9.97 Å². The lowest BCUT2D eigenvalue weighted by molar-refractivity contribution is 0.0979. The second kappa shape index (κ2) is 6.85. The molecule has 2 aromatic rings. The summed E-state index contributed by atoms with van der Waals surface area (Å²) < 4.78 is 25.0. The summed E-state index contributed by atoms with van der Waals surface area (Å²) in [6.07, 6.45) is 3.84. The number of rotatable bonds is 5. The molecule has 0 spiro atoms. The Morgan fingerprint density at radius 2 is 1.96 bits per heavy atom. The monoisotopic (exact) mass is 388 g/mol. The van der Waals surface area contributed by atoms with Crippen LogP contribution in [-0.4, -0.2) is 48.4 Å². The highest BCUT2D eigenvalue weighted by atomic mass is 32.2. The van der Waals surface area contributed by atoms with Crippen molar-refractivity contribution in [3.8, 4) is 11.3 Å². The third kappa shape index (κ3) is 3.69. The van der Waals surface area contributed by atoms with Gasteiger partial charge in [-0.25, -0.2) is 23.1 Å². The molecule has 1 aromatic heterocycles. The number of fused-ring (bicyclic) bond motifs is 1. The number of aliphatic hydroxyl groups is 1. The van der Waals surface area contributed by atoms with E-state index in [0.717, 1.165) is 48.0 Å². The second-order valence-electron chi connectivity index (χ2n) is 7.40. The lowest BCUT2D eigenvalue weighted by Gasteiger charge is -2.43. The summed E-state index contributed by atoms with van der Waals surface area (Å²) in [5, 5.41) is 9.82. The molecule has 2 atom stereocenters. The average Bonchev–Trinajstić information content (AvgIpc) is 3.11. The number of nitrogens with zero attached hydrogens (tertiary/aromatic N) is 3. The number of aromatic nitrogens is 2. The van der Waals surface area contributed by atoms with Crippen LogP contribution < -0.4 is 9.62 Å². The molecule has 1 saturated heterocycles. The van der Waals surface area contributed by atoms with Crippen LogP contribution in [0, 0.1) is 0 Å². The van der Waals surface area contributed by atoms with Crippen molar-refractivity contribution in [2.24, 2.45) is 0 Å². The Kier molecular flexibility index (Phi) is 4.65. The maximum absolute atomic E-state index is 11.3. The molecule has 2 N–H and O–H groups in total. The summed E-state index contributed by atoms with van der Waals surface area (Å²) in [6.45, 7) is 2.82. The van der Waals surface area contributed by atoms with E-state index in [0.29, 0.717) is 12.5 Å². The van der Waals surface area contributed by atoms with E-state index < -0.39 is 10.0 Å². The van der Waals surface area contributed by atoms with Crippen LogP contribution in [0.5, 0.6) is 0 Å². The summed E-state index contributed by atoms with van der Waals surface area (Å²) in [4.78, 5) is 11.6. The molecule has 27 heavy (non-hydrogen) atoms. The van der Waals surface area contributed by atoms with E-state index in [1.54, 1.807) is 0 Å². The third-order valence-corrected chi connectivity index (χ3v) is 6.04. The van der Waals surface area contributed by atoms with E-state index in [2.05, 4.69) is 4.72 Å². The largest absolute Gasteiger partial charge is 0.389 e. The zero-order valence-corrected chi connectivity index (χ0v) is 16.3. The lowest BCUT2D eigenvalue weighted by atomic mass is 10.0. The minimum absolute atomic E-state index is 0.0294. The molecule has 1 aliphatic heterocycles. The highest BCUT2D eigenvalue weighted by Crippen LogP contribution is 2.34. The first-order valence-electron chi connectivity index (χ1n) is 9.20. The molecule has 2 aliphatic rings. The SMILES string of the molecule is C[C@H]1[C@H](O)CN1c1nc2c(c(-c3ccc(CNS(C)(=O)=O)cc3)n1)CCC2. The van der Waals surface area contributed by atoms with Crippen molar-refractivity contribution in [2.45, 2.75) is 44.9 Å². The number of sulfonamides is 1. The topological polar surface area (TPSA) is 95.4 Å². The van der Waals surface area contributed by atoms with E-state index in [9.17, 15) is 13.5 Å². The van der Waals surface area contributed by atoms with Crippen LogP contribution in [0.4, 0.5) is 5.95 Å². The van der Waals surface area contributed by atoms with Gasteiger partial charge in [0.25, 0.3) is 0 Å². The normalized spacial score (nSPS) is 21.8. The molecule has 4 rings (SSSR count). The van der Waals surface area contributed by atoms with Crippen molar-refractivity contribution in [1.29, 1.82) is 0 Å². The summed E-state index contributed by atoms with van der Waals surface area (Å²) in [7, 11) is -3.21. The Morgan fingerprint density at radius 1 is 1.22 bits per heavy atom. The van der Waals surface area contributed by atoms with Gasteiger partial charge in [-0.1, -0.05) is 24.3 Å². The van der Waals surface area contributed by atoms with Crippen LogP contribution >= 0.6 is 0 Å². The Hall–Kier alpha value is -2.03. The Bertz CT molecular complexity index is 960. The van der Waals surface area contributed by atoms with Gasteiger partial charge in [-0.05, 0) is 31.7 Å². The maximum atomic E-state index is 11.3. The van der Waals surface area contributed by atoms with Crippen molar-refractivity contribution >= 4 is 16.0 Å². The van der Waals surface area contributed by atoms with Crippen LogP contribution in [0.1, 0.15) is 30.2 Å². The number of aliphatic hydroxyl groups excluding tert-OH is 1. The molecule has 0 saturated carbocycles. The number of benzene rings is 1. The molecule has 7 nitrogen and oxygen atoms in total. The van der Waals surface area contributed by atoms with Crippen LogP contribution in [0.3, 0.4) is 0 Å². The van der Waals surface area contributed by atoms with Gasteiger partial charge in [0.15, 0.2) is 0 Å². The number of β-amino-alcohol motifs (C(OH)–C–C–N with tert-alkyl or cyclic N) is 1. The third-order valence-electron chi connectivity index (χ3n) is 5.38. The number of hydrogen-bond acceptors (Lipinski definition) is 6. The number of nitrogens with one attached hydrogen (secondary N) is 1. The lowest BCUT2D eigenvalue weighted by Crippen LogP contribution is -2.59. The molecule has 8 heteroatoms. The van der Waals surface area contributed by atoms with Crippen LogP contribution in [0.25, 0.3) is 11.3 Å². The van der Waals surface area contributed by atoms with E-state index >= 15 is 0 Å². The molecule has 0 radical (unpaired) electrons. The number of hydrogen-bond donors (Lipinski definition) is 2. The van der Waals surface area contributed by atoms with E-state index in [1.165, 1.54) is 5.56 Å². The minimum atomic E-state index is -3.21. The molecule has 0 amide bonds. The van der Waals surface area contributed by atoms with Crippen LogP contribution in [0.2, 0.25) is 0 Å². The summed E-state index contributed by atoms with van der Waals surface area (Å²) in [6, 6.07) is 7.84. The van der Waals surface area contributed by atoms with Crippen LogP contribution in [0.15, 0.2) is 24.3 Å². The fourth-order valence-electron chi connectivity index (χ4n) is 3.64. The Morgan fingerprint density at radius 3 is 2.59 bits per heavy atom. The first-order valence-corrected chi connectivity index (χ1v) is 11.1. The van der Waals surface area contributed by atoms with Gasteiger partial charge in [0.2, 0.25) is 16.0 Å². The highest BCUT2D eigenvalue weighted by molar-refractivity contribution is 7.88. The van der Waals surface area contributed by atoms with Gasteiger partial charge in [-0.15, -0.1) is 0 Å². The van der Waals surface area contributed by atoms with Crippen LogP contribution in [-0.2, 0) is 29.4 Å². The molecule has 0 unspecified atom stereocenters. The standard InChI is InChI=1S/C19H24N4O3S/c1-12-17(24)11-23(12)19-21-16-5-3-4-15(16)18(22-19)14-8-6-13(7-9-14)10-20-27(2,25)26/h6-9,12,17,20,24H,3-5,10-11H2,1-2H3/t12-,17+/m0/s1. The average molecular weight is 388 g/mol. The summed E-state index contributed by atoms with van der Waals surface area (Å²) in [5.74, 6) is 0.686. The van der Waals surface area contributed by atoms with Crippen molar-refractivity contribution in [1.82, 2.24) is 14.7 Å². The molecule has 1 aliphatic carbocycles. The van der Waals surface area contributed by atoms with Crippen molar-refractivity contribution in [3.63, 3.8) is 0 Å². The van der Waals surface area contributed by atoms with Gasteiger partial charge in [0.1, 0.15) is 0 Å². The van der Waals surface area contributed by atoms with Gasteiger partial charge >= 0.3 is 0 Å². The number of aryl methyl sites for hydroxylation is 1. The predicted molar refractivity (Wildman–Crippen MR) is 104 cm³/mol. The zero-order chi connectivity index (χ0) is 19.2. The van der Waals surface area contributed by atoms with Gasteiger partial charge in [-0.2, -0.15) is 0 Å². The van der Waals surface area contributed by atoms with E-state index in [-0.39, 0.29) is 18.7 Å². The highest BCUT2D eigenvalue weighted by Gasteiger charge is 2.36. The van der Waals surface area contributed by atoms with E-state index in [1.807, 2.05) is 36.1 Å². The molecule has 0 bridgehead atoms. The fourth-order valence-corrected chi connectivity index (χ4v) is 4.06. The van der Waals surface area contributed by atoms with Gasteiger partial charge in [-0.3, -0.25) is 0 Å². The van der Waals surface area contributed by atoms with Gasteiger partial charge in [0, 0.05) is 29.9 Å². The second-order valence-corrected chi connectivity index (χ2v) is 9.23. The van der Waals surface area contributed by atoms with Gasteiger partial charge in [0.05, 0.1) is 24.1 Å². The van der Waals surface area contributed by atoms with Crippen molar-refractivity contribution in [3.05, 3.63) is 41.1 Å². The number of anilines is 1. The minimum Gasteiger partial charge on any atom is -0.389 e. The maximum Gasteiger partial charge on any atom is 0.226 e. The first kappa shape index (κ1) is 18.3. The summed E-state index contributed by atoms with van der Waals surface area (Å²) in [5.41, 5.74) is 5.16. The van der Waals surface area contributed by atoms with Crippen molar-refractivity contribution in [2.75, 3.05) is 17.7 Å². The molecular weight excluding hydrogens is 364 g/mol.